The highest BCUT2D eigenvalue weighted by Crippen LogP contribution is 2.24. The Balaban J connectivity index is 1.93. The first kappa shape index (κ1) is 20.9. The minimum atomic E-state index is -3.63. The molecule has 154 valence electrons. The maximum Gasteiger partial charge on any atom is 0.257 e. The summed E-state index contributed by atoms with van der Waals surface area (Å²) in [7, 11) is -1.83. The van der Waals surface area contributed by atoms with Crippen LogP contribution >= 0.6 is 0 Å². The number of carbonyl (C=O) groups is 1. The predicted molar refractivity (Wildman–Crippen MR) is 112 cm³/mol. The van der Waals surface area contributed by atoms with Crippen molar-refractivity contribution in [1.82, 2.24) is 19.1 Å². The number of hydrogen-bond donors (Lipinski definition) is 1. The van der Waals surface area contributed by atoms with E-state index in [0.717, 1.165) is 11.1 Å². The average molecular weight is 416 g/mol. The summed E-state index contributed by atoms with van der Waals surface area (Å²) in [5.41, 5.74) is 2.90. The highest BCUT2D eigenvalue weighted by Gasteiger charge is 2.24. The lowest BCUT2D eigenvalue weighted by atomic mass is 10.2. The number of fused-ring (bicyclic) bond motifs is 1. The van der Waals surface area contributed by atoms with Crippen molar-refractivity contribution >= 4 is 32.7 Å². The van der Waals surface area contributed by atoms with E-state index in [2.05, 4.69) is 15.4 Å². The molecule has 1 amide bonds. The van der Waals surface area contributed by atoms with Gasteiger partial charge >= 0.3 is 0 Å². The highest BCUT2D eigenvalue weighted by molar-refractivity contribution is 7.89. The second-order valence-electron chi connectivity index (χ2n) is 6.83. The number of nitrogens with one attached hydrogen (secondary N) is 1. The summed E-state index contributed by atoms with van der Waals surface area (Å²) >= 11 is 0. The molecule has 0 radical (unpaired) electrons. The van der Waals surface area contributed by atoms with Crippen molar-refractivity contribution in [3.05, 3.63) is 47.3 Å². The lowest BCUT2D eigenvalue weighted by Crippen LogP contribution is -2.31. The van der Waals surface area contributed by atoms with E-state index in [1.54, 1.807) is 50.7 Å². The molecule has 0 unspecified atom stereocenters. The highest BCUT2D eigenvalue weighted by atomic mass is 32.2. The summed E-state index contributed by atoms with van der Waals surface area (Å²) in [4.78, 5) is 17.2. The van der Waals surface area contributed by atoms with Crippen molar-refractivity contribution < 1.29 is 13.2 Å². The molecule has 1 N–H and O–H groups in total. The number of amides is 1. The Hall–Kier alpha value is -2.78. The van der Waals surface area contributed by atoms with Gasteiger partial charge in [0.05, 0.1) is 16.2 Å². The monoisotopic (exact) mass is 415 g/mol. The van der Waals surface area contributed by atoms with Crippen molar-refractivity contribution in [1.29, 1.82) is 0 Å². The van der Waals surface area contributed by atoms with Crippen LogP contribution < -0.4 is 5.32 Å². The third-order valence-corrected chi connectivity index (χ3v) is 7.09. The second-order valence-corrected chi connectivity index (χ2v) is 8.73. The number of pyridine rings is 1. The molecule has 0 saturated heterocycles. The number of carbonyl (C=O) groups excluding carboxylic acids is 1. The third-order valence-electron chi connectivity index (χ3n) is 4.89. The van der Waals surface area contributed by atoms with Gasteiger partial charge in [0, 0.05) is 37.4 Å². The summed E-state index contributed by atoms with van der Waals surface area (Å²) in [6.45, 7) is 7.95. The molecule has 0 atom stereocenters. The zero-order valence-electron chi connectivity index (χ0n) is 17.2. The Labute approximate surface area is 170 Å². The quantitative estimate of drug-likeness (QED) is 0.668. The van der Waals surface area contributed by atoms with E-state index in [0.29, 0.717) is 35.6 Å². The minimum absolute atomic E-state index is 0.190. The van der Waals surface area contributed by atoms with E-state index in [4.69, 9.17) is 0 Å². The van der Waals surface area contributed by atoms with Gasteiger partial charge in [-0.15, -0.1) is 0 Å². The van der Waals surface area contributed by atoms with Crippen LogP contribution in [0.1, 0.15) is 35.5 Å². The van der Waals surface area contributed by atoms with Gasteiger partial charge in [-0.1, -0.05) is 19.9 Å². The van der Waals surface area contributed by atoms with Gasteiger partial charge in [-0.05, 0) is 37.6 Å². The SMILES string of the molecule is CCN(CC)S(=O)(=O)c1cc(NC(=O)c2cnc3c(c2)c(C)nn3C)ccc1C. The molecule has 0 bridgehead atoms. The number of rotatable bonds is 6. The molecule has 0 fully saturated rings. The number of aryl methyl sites for hydroxylation is 3. The first-order valence-corrected chi connectivity index (χ1v) is 10.8. The van der Waals surface area contributed by atoms with Crippen LogP contribution in [0.5, 0.6) is 0 Å². The minimum Gasteiger partial charge on any atom is -0.322 e. The summed E-state index contributed by atoms with van der Waals surface area (Å²) < 4.78 is 28.9. The van der Waals surface area contributed by atoms with Crippen LogP contribution in [0.4, 0.5) is 5.69 Å². The first-order chi connectivity index (χ1) is 13.7. The fraction of sp³-hybridized carbons (Fsp3) is 0.350. The van der Waals surface area contributed by atoms with Crippen LogP contribution in [0.15, 0.2) is 35.4 Å². The number of sulfonamides is 1. The van der Waals surface area contributed by atoms with E-state index in [9.17, 15) is 13.2 Å². The lowest BCUT2D eigenvalue weighted by Gasteiger charge is -2.20. The largest absolute Gasteiger partial charge is 0.322 e. The van der Waals surface area contributed by atoms with E-state index < -0.39 is 10.0 Å². The standard InChI is InChI=1S/C20H25N5O3S/c1-6-25(7-2)29(27,28)18-11-16(9-8-13(18)3)22-20(26)15-10-17-14(4)23-24(5)19(17)21-12-15/h8-12H,6-7H2,1-5H3,(H,22,26). The predicted octanol–water partition coefficient (Wildman–Crippen LogP) is 2.87. The van der Waals surface area contributed by atoms with Crippen LogP contribution in [0.3, 0.4) is 0 Å². The van der Waals surface area contributed by atoms with Gasteiger partial charge in [-0.25, -0.2) is 13.4 Å². The molecule has 3 rings (SSSR count). The molecule has 29 heavy (non-hydrogen) atoms. The van der Waals surface area contributed by atoms with Crippen LogP contribution in [0, 0.1) is 13.8 Å². The van der Waals surface area contributed by atoms with E-state index >= 15 is 0 Å². The van der Waals surface area contributed by atoms with Crippen molar-refractivity contribution in [3.63, 3.8) is 0 Å². The summed E-state index contributed by atoms with van der Waals surface area (Å²) in [6, 6.07) is 6.62. The molecule has 2 aromatic heterocycles. The van der Waals surface area contributed by atoms with Crippen molar-refractivity contribution in [3.8, 4) is 0 Å². The Morgan fingerprint density at radius 3 is 2.52 bits per heavy atom. The molecule has 0 saturated carbocycles. The van der Waals surface area contributed by atoms with Gasteiger partial charge in [-0.3, -0.25) is 9.48 Å². The molecule has 2 heterocycles. The van der Waals surface area contributed by atoms with Gasteiger partial charge < -0.3 is 5.32 Å². The number of aromatic nitrogens is 3. The molecule has 9 heteroatoms. The molecule has 0 aliphatic rings. The maximum absolute atomic E-state index is 12.9. The maximum atomic E-state index is 12.9. The fourth-order valence-corrected chi connectivity index (χ4v) is 5.00. The van der Waals surface area contributed by atoms with Gasteiger partial charge in [0.15, 0.2) is 5.65 Å². The zero-order valence-corrected chi connectivity index (χ0v) is 18.0. The van der Waals surface area contributed by atoms with Gasteiger partial charge in [0.1, 0.15) is 0 Å². The smallest absolute Gasteiger partial charge is 0.257 e. The Kier molecular flexibility index (Phi) is 5.72. The van der Waals surface area contributed by atoms with Crippen molar-refractivity contribution in [2.75, 3.05) is 18.4 Å². The van der Waals surface area contributed by atoms with Gasteiger partial charge in [0.25, 0.3) is 5.91 Å². The Morgan fingerprint density at radius 2 is 1.86 bits per heavy atom. The van der Waals surface area contributed by atoms with Crippen LogP contribution in [-0.2, 0) is 17.1 Å². The van der Waals surface area contributed by atoms with E-state index in [-0.39, 0.29) is 10.8 Å². The van der Waals surface area contributed by atoms with Gasteiger partial charge in [-0.2, -0.15) is 9.40 Å². The number of anilines is 1. The molecule has 0 aliphatic carbocycles. The summed E-state index contributed by atoms with van der Waals surface area (Å²) in [5.74, 6) is -0.363. The summed E-state index contributed by atoms with van der Waals surface area (Å²) in [6.07, 6.45) is 1.49. The van der Waals surface area contributed by atoms with Crippen molar-refractivity contribution in [2.24, 2.45) is 7.05 Å². The average Bonchev–Trinajstić information content (AvgIpc) is 2.97. The summed E-state index contributed by atoms with van der Waals surface area (Å²) in [5, 5.41) is 7.88. The molecule has 8 nitrogen and oxygen atoms in total. The number of hydrogen-bond acceptors (Lipinski definition) is 5. The number of benzene rings is 1. The second kappa shape index (κ2) is 7.92. The van der Waals surface area contributed by atoms with Gasteiger partial charge in [0.2, 0.25) is 10.0 Å². The molecule has 0 aliphatic heterocycles. The lowest BCUT2D eigenvalue weighted by molar-refractivity contribution is 0.102. The van der Waals surface area contributed by atoms with E-state index in [1.807, 2.05) is 6.92 Å². The molecule has 0 spiro atoms. The normalized spacial score (nSPS) is 11.9. The topological polar surface area (TPSA) is 97.2 Å². The van der Waals surface area contributed by atoms with Crippen molar-refractivity contribution in [2.45, 2.75) is 32.6 Å². The molecule has 1 aromatic carbocycles. The Bertz CT molecular complexity index is 1180. The fourth-order valence-electron chi connectivity index (χ4n) is 3.29. The molecular weight excluding hydrogens is 390 g/mol. The van der Waals surface area contributed by atoms with E-state index in [1.165, 1.54) is 16.6 Å². The van der Waals surface area contributed by atoms with Crippen LogP contribution in [0.2, 0.25) is 0 Å². The Morgan fingerprint density at radius 1 is 1.17 bits per heavy atom. The van der Waals surface area contributed by atoms with Crippen LogP contribution in [0.25, 0.3) is 11.0 Å². The zero-order chi connectivity index (χ0) is 21.3. The first-order valence-electron chi connectivity index (χ1n) is 9.40. The third kappa shape index (κ3) is 3.88. The van der Waals surface area contributed by atoms with Crippen LogP contribution in [-0.4, -0.2) is 46.5 Å². The molecular formula is C20H25N5O3S. The number of nitrogens with zero attached hydrogens (tertiary/aromatic N) is 4. The molecule has 3 aromatic rings.